The normalized spacial score (nSPS) is 19.0. The molecule has 1 atom stereocenters. The average molecular weight is 305 g/mol. The first-order valence-corrected chi connectivity index (χ1v) is 8.05. The number of carbonyl (C=O) groups is 1. The number of aryl methyl sites for hydroxylation is 1. The molecule has 1 unspecified atom stereocenters. The number of methoxy groups -OCH3 is 1. The first-order chi connectivity index (χ1) is 10.2. The zero-order chi connectivity index (χ0) is 14.8. The van der Waals surface area contributed by atoms with Crippen LogP contribution in [0, 0.1) is 6.92 Å². The van der Waals surface area contributed by atoms with Gasteiger partial charge in [0.2, 0.25) is 0 Å². The minimum absolute atomic E-state index is 0.154. The summed E-state index contributed by atoms with van der Waals surface area (Å²) in [5, 5.41) is 1.09. The molecule has 3 heterocycles. The molecule has 0 aliphatic carbocycles. The number of hydrogen-bond acceptors (Lipinski definition) is 6. The van der Waals surface area contributed by atoms with E-state index in [1.54, 1.807) is 17.7 Å². The Balaban J connectivity index is 1.96. The Morgan fingerprint density at radius 3 is 3.14 bits per heavy atom. The van der Waals surface area contributed by atoms with E-state index in [0.29, 0.717) is 6.42 Å². The molecule has 0 radical (unpaired) electrons. The summed E-state index contributed by atoms with van der Waals surface area (Å²) in [5.74, 6) is 0.802. The van der Waals surface area contributed by atoms with Gasteiger partial charge in [-0.15, -0.1) is 11.3 Å². The van der Waals surface area contributed by atoms with Crippen LogP contribution >= 0.6 is 11.3 Å². The van der Waals surface area contributed by atoms with Crippen LogP contribution in [0.1, 0.15) is 30.6 Å². The van der Waals surface area contributed by atoms with Crippen LogP contribution in [0.15, 0.2) is 12.4 Å². The largest absolute Gasteiger partial charge is 0.469 e. The van der Waals surface area contributed by atoms with Gasteiger partial charge in [-0.3, -0.25) is 4.79 Å². The van der Waals surface area contributed by atoms with Crippen LogP contribution in [-0.4, -0.2) is 35.6 Å². The summed E-state index contributed by atoms with van der Waals surface area (Å²) in [5.41, 5.74) is 0. The van der Waals surface area contributed by atoms with Crippen molar-refractivity contribution in [2.45, 2.75) is 38.6 Å². The lowest BCUT2D eigenvalue weighted by atomic mass is 9.99. The summed E-state index contributed by atoms with van der Waals surface area (Å²) < 4.78 is 4.83. The van der Waals surface area contributed by atoms with Gasteiger partial charge in [0, 0.05) is 17.5 Å². The van der Waals surface area contributed by atoms with Crippen molar-refractivity contribution in [3.05, 3.63) is 17.3 Å². The molecule has 0 spiro atoms. The molecule has 0 amide bonds. The molecule has 5 nitrogen and oxygen atoms in total. The van der Waals surface area contributed by atoms with Crippen LogP contribution in [0.5, 0.6) is 0 Å². The summed E-state index contributed by atoms with van der Waals surface area (Å²) in [6.45, 7) is 3.01. The van der Waals surface area contributed by atoms with Gasteiger partial charge in [0.15, 0.2) is 0 Å². The van der Waals surface area contributed by atoms with Crippen LogP contribution < -0.4 is 4.90 Å². The third kappa shape index (κ3) is 2.85. The maximum absolute atomic E-state index is 11.6. The van der Waals surface area contributed by atoms with Crippen LogP contribution in [0.25, 0.3) is 10.2 Å². The molecule has 1 fully saturated rings. The second-order valence-corrected chi connectivity index (χ2v) is 6.63. The van der Waals surface area contributed by atoms with Gasteiger partial charge in [0.25, 0.3) is 0 Å². The first kappa shape index (κ1) is 14.3. The fourth-order valence-electron chi connectivity index (χ4n) is 2.96. The third-order valence-corrected chi connectivity index (χ3v) is 4.92. The Labute approximate surface area is 128 Å². The first-order valence-electron chi connectivity index (χ1n) is 7.23. The highest BCUT2D eigenvalue weighted by Gasteiger charge is 2.27. The molecule has 6 heteroatoms. The van der Waals surface area contributed by atoms with E-state index < -0.39 is 0 Å². The van der Waals surface area contributed by atoms with Gasteiger partial charge in [-0.05, 0) is 32.3 Å². The Morgan fingerprint density at radius 1 is 1.48 bits per heavy atom. The number of hydrogen-bond donors (Lipinski definition) is 0. The molecule has 21 heavy (non-hydrogen) atoms. The minimum atomic E-state index is -0.154. The van der Waals surface area contributed by atoms with E-state index in [4.69, 9.17) is 4.74 Å². The number of piperidine rings is 1. The molecule has 3 rings (SSSR count). The number of nitrogens with zero attached hydrogens (tertiary/aromatic N) is 3. The molecule has 1 aliphatic rings. The molecule has 0 bridgehead atoms. The van der Waals surface area contributed by atoms with Crippen molar-refractivity contribution in [3.8, 4) is 0 Å². The highest BCUT2D eigenvalue weighted by atomic mass is 32.1. The van der Waals surface area contributed by atoms with Gasteiger partial charge < -0.3 is 9.64 Å². The summed E-state index contributed by atoms with van der Waals surface area (Å²) in [6, 6.07) is 2.31. The van der Waals surface area contributed by atoms with Gasteiger partial charge in [0.1, 0.15) is 17.0 Å². The molecule has 0 N–H and O–H groups in total. The predicted molar refractivity (Wildman–Crippen MR) is 83.8 cm³/mol. The number of rotatable bonds is 3. The number of anilines is 1. The van der Waals surface area contributed by atoms with Crippen LogP contribution in [0.4, 0.5) is 5.82 Å². The second kappa shape index (κ2) is 5.97. The Morgan fingerprint density at radius 2 is 2.33 bits per heavy atom. The molecule has 2 aromatic heterocycles. The van der Waals surface area contributed by atoms with E-state index in [1.165, 1.54) is 12.0 Å². The molecule has 0 saturated carbocycles. The summed E-state index contributed by atoms with van der Waals surface area (Å²) in [6.07, 6.45) is 5.33. The smallest absolute Gasteiger partial charge is 0.307 e. The van der Waals surface area contributed by atoms with E-state index >= 15 is 0 Å². The minimum Gasteiger partial charge on any atom is -0.469 e. The number of ether oxygens (including phenoxy) is 1. The van der Waals surface area contributed by atoms with Crippen molar-refractivity contribution in [1.82, 2.24) is 9.97 Å². The number of esters is 1. The van der Waals surface area contributed by atoms with Gasteiger partial charge >= 0.3 is 5.97 Å². The lowest BCUT2D eigenvalue weighted by molar-refractivity contribution is -0.141. The number of thiophene rings is 1. The van der Waals surface area contributed by atoms with Crippen LogP contribution in [0.2, 0.25) is 0 Å². The maximum Gasteiger partial charge on any atom is 0.307 e. The molecular weight excluding hydrogens is 286 g/mol. The standard InChI is InChI=1S/C15H19N3O2S/c1-10-7-12-14(16-9-17-15(12)21-10)18-6-4-3-5-11(18)8-13(19)20-2/h7,9,11H,3-6,8H2,1-2H3. The van der Waals surface area contributed by atoms with E-state index in [9.17, 15) is 4.79 Å². The molecule has 1 saturated heterocycles. The SMILES string of the molecule is COC(=O)CC1CCCCN1c1ncnc2sc(C)cc12. The average Bonchev–Trinajstić information content (AvgIpc) is 2.88. The van der Waals surface area contributed by atoms with E-state index in [1.807, 2.05) is 0 Å². The van der Waals surface area contributed by atoms with Crippen molar-refractivity contribution >= 4 is 33.3 Å². The number of carbonyl (C=O) groups excluding carboxylic acids is 1. The van der Waals surface area contributed by atoms with Crippen molar-refractivity contribution in [1.29, 1.82) is 0 Å². The van der Waals surface area contributed by atoms with Crippen molar-refractivity contribution in [2.24, 2.45) is 0 Å². The van der Waals surface area contributed by atoms with Crippen molar-refractivity contribution < 1.29 is 9.53 Å². The third-order valence-electron chi connectivity index (χ3n) is 3.96. The monoisotopic (exact) mass is 305 g/mol. The Hall–Kier alpha value is -1.69. The zero-order valence-corrected chi connectivity index (χ0v) is 13.2. The molecule has 0 aromatic carbocycles. The zero-order valence-electron chi connectivity index (χ0n) is 12.3. The van der Waals surface area contributed by atoms with E-state index in [0.717, 1.165) is 41.8 Å². The van der Waals surface area contributed by atoms with Gasteiger partial charge in [-0.2, -0.15) is 0 Å². The number of aromatic nitrogens is 2. The second-order valence-electron chi connectivity index (χ2n) is 5.40. The molecular formula is C15H19N3O2S. The molecule has 2 aromatic rings. The van der Waals surface area contributed by atoms with E-state index in [-0.39, 0.29) is 12.0 Å². The summed E-state index contributed by atoms with van der Waals surface area (Å²) >= 11 is 1.68. The Bertz CT molecular complexity index is 655. The lowest BCUT2D eigenvalue weighted by Crippen LogP contribution is -2.41. The highest BCUT2D eigenvalue weighted by molar-refractivity contribution is 7.18. The van der Waals surface area contributed by atoms with Crippen molar-refractivity contribution in [3.63, 3.8) is 0 Å². The highest BCUT2D eigenvalue weighted by Crippen LogP contribution is 2.33. The van der Waals surface area contributed by atoms with Gasteiger partial charge in [-0.1, -0.05) is 0 Å². The fraction of sp³-hybridized carbons (Fsp3) is 0.533. The summed E-state index contributed by atoms with van der Waals surface area (Å²) in [4.78, 5) is 25.0. The Kier molecular flexibility index (Phi) is 4.05. The van der Waals surface area contributed by atoms with Crippen LogP contribution in [0.3, 0.4) is 0 Å². The van der Waals surface area contributed by atoms with Gasteiger partial charge in [0.05, 0.1) is 18.9 Å². The predicted octanol–water partition coefficient (Wildman–Crippen LogP) is 2.92. The lowest BCUT2D eigenvalue weighted by Gasteiger charge is -2.36. The molecule has 1 aliphatic heterocycles. The number of fused-ring (bicyclic) bond motifs is 1. The quantitative estimate of drug-likeness (QED) is 0.816. The van der Waals surface area contributed by atoms with E-state index in [2.05, 4.69) is 27.9 Å². The topological polar surface area (TPSA) is 55.3 Å². The van der Waals surface area contributed by atoms with Crippen molar-refractivity contribution in [2.75, 3.05) is 18.6 Å². The van der Waals surface area contributed by atoms with Gasteiger partial charge in [-0.25, -0.2) is 9.97 Å². The maximum atomic E-state index is 11.6. The fourth-order valence-corrected chi connectivity index (χ4v) is 3.80. The summed E-state index contributed by atoms with van der Waals surface area (Å²) in [7, 11) is 1.45. The molecule has 112 valence electrons. The van der Waals surface area contributed by atoms with Crippen LogP contribution in [-0.2, 0) is 9.53 Å².